The lowest BCUT2D eigenvalue weighted by Crippen LogP contribution is -2.51. The largest absolute Gasteiger partial charge is 0.497 e. The zero-order valence-electron chi connectivity index (χ0n) is 14.4. The Morgan fingerprint density at radius 3 is 2.75 bits per heavy atom. The highest BCUT2D eigenvalue weighted by Crippen LogP contribution is 2.23. The summed E-state index contributed by atoms with van der Waals surface area (Å²) in [6.07, 6.45) is 1.77. The molecule has 2 N–H and O–H groups in total. The number of nitrogens with one attached hydrogen (secondary N) is 2. The molecule has 132 valence electrons. The molecule has 0 aromatic heterocycles. The summed E-state index contributed by atoms with van der Waals surface area (Å²) in [6.45, 7) is 3.06. The Morgan fingerprint density at radius 1 is 1.29 bits per heavy atom. The van der Waals surface area contributed by atoms with Crippen LogP contribution in [-0.2, 0) is 11.3 Å². The molecule has 0 bridgehead atoms. The Labute approximate surface area is 142 Å². The first kappa shape index (κ1) is 17.9. The van der Waals surface area contributed by atoms with Crippen LogP contribution in [0, 0.1) is 0 Å². The van der Waals surface area contributed by atoms with E-state index in [2.05, 4.69) is 10.6 Å². The van der Waals surface area contributed by atoms with E-state index < -0.39 is 0 Å². The minimum Gasteiger partial charge on any atom is -0.497 e. The molecule has 0 radical (unpaired) electrons. The van der Waals surface area contributed by atoms with Crippen molar-refractivity contribution in [3.05, 3.63) is 23.8 Å². The maximum absolute atomic E-state index is 12.4. The summed E-state index contributed by atoms with van der Waals surface area (Å²) in [7, 11) is 3.19. The molecular formula is C17H25N3O4. The lowest BCUT2D eigenvalue weighted by Gasteiger charge is -2.33. The molecule has 0 spiro atoms. The van der Waals surface area contributed by atoms with Gasteiger partial charge in [0.2, 0.25) is 5.91 Å². The topological polar surface area (TPSA) is 79.9 Å². The smallest absolute Gasteiger partial charge is 0.317 e. The summed E-state index contributed by atoms with van der Waals surface area (Å²) in [5.74, 6) is 1.35. The number of likely N-dealkylation sites (tertiary alicyclic amines) is 1. The van der Waals surface area contributed by atoms with Crippen molar-refractivity contribution in [2.24, 2.45) is 0 Å². The fraction of sp³-hybridized carbons (Fsp3) is 0.529. The molecule has 1 aromatic rings. The van der Waals surface area contributed by atoms with Crippen LogP contribution in [0.5, 0.6) is 11.5 Å². The third kappa shape index (κ3) is 4.78. The van der Waals surface area contributed by atoms with Crippen molar-refractivity contribution in [3.63, 3.8) is 0 Å². The maximum atomic E-state index is 12.4. The number of carbonyl (C=O) groups is 2. The predicted octanol–water partition coefficient (Wildman–Crippen LogP) is 1.51. The molecule has 3 amide bonds. The van der Waals surface area contributed by atoms with Gasteiger partial charge in [-0.2, -0.15) is 0 Å². The van der Waals surface area contributed by atoms with Gasteiger partial charge in [0.15, 0.2) is 0 Å². The molecule has 1 fully saturated rings. The molecule has 24 heavy (non-hydrogen) atoms. The second kappa shape index (κ2) is 8.42. The van der Waals surface area contributed by atoms with E-state index in [1.54, 1.807) is 19.1 Å². The first-order valence-corrected chi connectivity index (χ1v) is 8.04. The molecule has 7 heteroatoms. The summed E-state index contributed by atoms with van der Waals surface area (Å²) in [4.78, 5) is 25.3. The third-order valence-corrected chi connectivity index (χ3v) is 4.03. The first-order chi connectivity index (χ1) is 11.5. The number of ether oxygens (including phenoxy) is 2. The second-order valence-corrected chi connectivity index (χ2v) is 5.82. The molecular weight excluding hydrogens is 310 g/mol. The van der Waals surface area contributed by atoms with E-state index in [1.165, 1.54) is 6.92 Å². The molecule has 1 saturated heterocycles. The van der Waals surface area contributed by atoms with E-state index in [9.17, 15) is 9.59 Å². The van der Waals surface area contributed by atoms with E-state index in [0.29, 0.717) is 31.1 Å². The van der Waals surface area contributed by atoms with Gasteiger partial charge in [-0.1, -0.05) is 0 Å². The van der Waals surface area contributed by atoms with E-state index in [0.717, 1.165) is 18.4 Å². The van der Waals surface area contributed by atoms with Crippen LogP contribution in [-0.4, -0.2) is 50.2 Å². The van der Waals surface area contributed by atoms with Crippen LogP contribution in [0.25, 0.3) is 0 Å². The number of methoxy groups -OCH3 is 2. The standard InChI is InChI=1S/C17H25N3O4/c1-12(21)19-14-5-4-8-20(11-14)17(22)18-10-13-9-15(23-2)6-7-16(13)24-3/h6-7,9,14H,4-5,8,10-11H2,1-3H3,(H,18,22)(H,19,21). The van der Waals surface area contributed by atoms with Gasteiger partial charge in [0.25, 0.3) is 0 Å². The van der Waals surface area contributed by atoms with Gasteiger partial charge < -0.3 is 25.0 Å². The summed E-state index contributed by atoms with van der Waals surface area (Å²) < 4.78 is 10.5. The maximum Gasteiger partial charge on any atom is 0.317 e. The van der Waals surface area contributed by atoms with Crippen molar-refractivity contribution in [1.82, 2.24) is 15.5 Å². The number of urea groups is 1. The van der Waals surface area contributed by atoms with Crippen molar-refractivity contribution in [2.45, 2.75) is 32.4 Å². The fourth-order valence-electron chi connectivity index (χ4n) is 2.87. The van der Waals surface area contributed by atoms with Gasteiger partial charge in [0.1, 0.15) is 11.5 Å². The molecule has 7 nitrogen and oxygen atoms in total. The lowest BCUT2D eigenvalue weighted by molar-refractivity contribution is -0.119. The summed E-state index contributed by atoms with van der Waals surface area (Å²) in [5, 5.41) is 5.78. The van der Waals surface area contributed by atoms with Crippen LogP contribution >= 0.6 is 0 Å². The number of hydrogen-bond acceptors (Lipinski definition) is 4. The highest BCUT2D eigenvalue weighted by atomic mass is 16.5. The minimum atomic E-state index is -0.144. The Balaban J connectivity index is 1.94. The highest BCUT2D eigenvalue weighted by Gasteiger charge is 2.24. The molecule has 1 aliphatic heterocycles. The number of carbonyl (C=O) groups excluding carboxylic acids is 2. The highest BCUT2D eigenvalue weighted by molar-refractivity contribution is 5.75. The molecule has 1 heterocycles. The van der Waals surface area contributed by atoms with Crippen LogP contribution in [0.4, 0.5) is 4.79 Å². The quantitative estimate of drug-likeness (QED) is 0.855. The Hall–Kier alpha value is -2.44. The number of rotatable bonds is 5. The van der Waals surface area contributed by atoms with Gasteiger partial charge in [-0.3, -0.25) is 4.79 Å². The van der Waals surface area contributed by atoms with Gasteiger partial charge in [0, 0.05) is 38.2 Å². The monoisotopic (exact) mass is 335 g/mol. The van der Waals surface area contributed by atoms with Gasteiger partial charge in [0.05, 0.1) is 14.2 Å². The van der Waals surface area contributed by atoms with Crippen LogP contribution in [0.2, 0.25) is 0 Å². The van der Waals surface area contributed by atoms with Crippen LogP contribution in [0.15, 0.2) is 18.2 Å². The number of amides is 3. The van der Waals surface area contributed by atoms with Crippen molar-refractivity contribution >= 4 is 11.9 Å². The normalized spacial score (nSPS) is 17.1. The molecule has 2 rings (SSSR count). The molecule has 1 aliphatic rings. The molecule has 1 aromatic carbocycles. The third-order valence-electron chi connectivity index (χ3n) is 4.03. The molecule has 1 atom stereocenters. The minimum absolute atomic E-state index is 0.0216. The first-order valence-electron chi connectivity index (χ1n) is 8.04. The molecule has 1 unspecified atom stereocenters. The Kier molecular flexibility index (Phi) is 6.28. The predicted molar refractivity (Wildman–Crippen MR) is 90.2 cm³/mol. The Morgan fingerprint density at radius 2 is 2.08 bits per heavy atom. The number of nitrogens with zero attached hydrogens (tertiary/aromatic N) is 1. The van der Waals surface area contributed by atoms with Gasteiger partial charge in [-0.15, -0.1) is 0 Å². The van der Waals surface area contributed by atoms with Gasteiger partial charge in [-0.05, 0) is 31.0 Å². The van der Waals surface area contributed by atoms with Crippen LogP contribution in [0.1, 0.15) is 25.3 Å². The number of piperidine rings is 1. The zero-order valence-corrected chi connectivity index (χ0v) is 14.4. The van der Waals surface area contributed by atoms with Crippen molar-refractivity contribution in [3.8, 4) is 11.5 Å². The van der Waals surface area contributed by atoms with Crippen molar-refractivity contribution < 1.29 is 19.1 Å². The number of hydrogen-bond donors (Lipinski definition) is 2. The zero-order chi connectivity index (χ0) is 17.5. The lowest BCUT2D eigenvalue weighted by atomic mass is 10.1. The molecule has 0 saturated carbocycles. The summed E-state index contributed by atoms with van der Waals surface area (Å²) in [5.41, 5.74) is 0.848. The van der Waals surface area contributed by atoms with Crippen molar-refractivity contribution in [2.75, 3.05) is 27.3 Å². The average Bonchev–Trinajstić information content (AvgIpc) is 2.59. The fourth-order valence-corrected chi connectivity index (χ4v) is 2.87. The number of benzene rings is 1. The van der Waals surface area contributed by atoms with Crippen molar-refractivity contribution in [1.29, 1.82) is 0 Å². The molecule has 0 aliphatic carbocycles. The van der Waals surface area contributed by atoms with Crippen LogP contribution in [0.3, 0.4) is 0 Å². The van der Waals surface area contributed by atoms with E-state index in [-0.39, 0.29) is 18.0 Å². The van der Waals surface area contributed by atoms with E-state index in [4.69, 9.17) is 9.47 Å². The average molecular weight is 335 g/mol. The summed E-state index contributed by atoms with van der Waals surface area (Å²) in [6, 6.07) is 5.35. The van der Waals surface area contributed by atoms with Gasteiger partial charge in [-0.25, -0.2) is 4.79 Å². The Bertz CT molecular complexity index is 591. The van der Waals surface area contributed by atoms with E-state index >= 15 is 0 Å². The van der Waals surface area contributed by atoms with Gasteiger partial charge >= 0.3 is 6.03 Å². The second-order valence-electron chi connectivity index (χ2n) is 5.82. The van der Waals surface area contributed by atoms with Crippen LogP contribution < -0.4 is 20.1 Å². The SMILES string of the molecule is COc1ccc(OC)c(CNC(=O)N2CCCC(NC(C)=O)C2)c1. The summed E-state index contributed by atoms with van der Waals surface area (Å²) >= 11 is 0. The van der Waals surface area contributed by atoms with E-state index in [1.807, 2.05) is 18.2 Å².